The number of aliphatic hydroxyl groups is 1. The van der Waals surface area contributed by atoms with Crippen molar-refractivity contribution in [3.8, 4) is 11.3 Å². The van der Waals surface area contributed by atoms with E-state index in [0.717, 1.165) is 16.7 Å². The van der Waals surface area contributed by atoms with Gasteiger partial charge in [-0.2, -0.15) is 0 Å². The Morgan fingerprint density at radius 2 is 1.82 bits per heavy atom. The summed E-state index contributed by atoms with van der Waals surface area (Å²) in [6.07, 6.45) is 1.49. The van der Waals surface area contributed by atoms with Gasteiger partial charge in [0.25, 0.3) is 5.91 Å². The zero-order chi connectivity index (χ0) is 23.8. The molecule has 7 heteroatoms. The summed E-state index contributed by atoms with van der Waals surface area (Å²) in [7, 11) is 1.59. The van der Waals surface area contributed by atoms with Crippen LogP contribution in [0, 0.1) is 5.41 Å². The summed E-state index contributed by atoms with van der Waals surface area (Å²) < 4.78 is 10.3. The summed E-state index contributed by atoms with van der Waals surface area (Å²) in [6.45, 7) is 5.62. The quantitative estimate of drug-likeness (QED) is 0.573. The van der Waals surface area contributed by atoms with Crippen molar-refractivity contribution < 1.29 is 24.0 Å². The van der Waals surface area contributed by atoms with Crippen molar-refractivity contribution >= 4 is 17.4 Å². The molecule has 0 spiro atoms. The summed E-state index contributed by atoms with van der Waals surface area (Å²) in [4.78, 5) is 28.2. The van der Waals surface area contributed by atoms with Crippen molar-refractivity contribution in [3.63, 3.8) is 0 Å². The first kappa shape index (κ1) is 22.5. The van der Waals surface area contributed by atoms with Gasteiger partial charge in [0.1, 0.15) is 12.0 Å². The average Bonchev–Trinajstić information content (AvgIpc) is 3.41. The van der Waals surface area contributed by atoms with Crippen LogP contribution in [0.3, 0.4) is 0 Å². The number of rotatable bonds is 6. The SMILES string of the molecule is COCc1ccccc1C1C(C(=O)C(C)(C)C)=C(O)C(=O)N1c1ccc(-c2ccon2)cc1. The van der Waals surface area contributed by atoms with E-state index in [-0.39, 0.29) is 11.4 Å². The highest BCUT2D eigenvalue weighted by Gasteiger charge is 2.47. The van der Waals surface area contributed by atoms with E-state index in [4.69, 9.17) is 9.26 Å². The molecule has 0 saturated carbocycles. The van der Waals surface area contributed by atoms with Crippen LogP contribution in [-0.2, 0) is 20.9 Å². The van der Waals surface area contributed by atoms with E-state index in [1.807, 2.05) is 36.4 Å². The van der Waals surface area contributed by atoms with E-state index >= 15 is 0 Å². The zero-order valence-electron chi connectivity index (χ0n) is 19.0. The number of Topliss-reactive ketones (excluding diaryl/α,β-unsaturated/α-hetero) is 1. The van der Waals surface area contributed by atoms with E-state index in [1.165, 1.54) is 11.2 Å². The Morgan fingerprint density at radius 3 is 2.42 bits per heavy atom. The summed E-state index contributed by atoms with van der Waals surface area (Å²) in [6, 6.07) is 15.6. The lowest BCUT2D eigenvalue weighted by Crippen LogP contribution is -2.33. The molecule has 0 saturated heterocycles. The molecule has 170 valence electrons. The average molecular weight is 447 g/mol. The molecule has 1 unspecified atom stereocenters. The molecule has 4 rings (SSSR count). The van der Waals surface area contributed by atoms with E-state index < -0.39 is 23.1 Å². The van der Waals surface area contributed by atoms with Crippen molar-refractivity contribution in [3.05, 3.63) is 83.3 Å². The molecule has 0 aliphatic carbocycles. The van der Waals surface area contributed by atoms with Crippen molar-refractivity contribution in [2.45, 2.75) is 33.4 Å². The van der Waals surface area contributed by atoms with Crippen LogP contribution in [0.25, 0.3) is 11.3 Å². The number of hydrogen-bond donors (Lipinski definition) is 1. The lowest BCUT2D eigenvalue weighted by atomic mass is 9.81. The predicted octanol–water partition coefficient (Wildman–Crippen LogP) is 5.00. The highest BCUT2D eigenvalue weighted by atomic mass is 16.5. The number of carbonyl (C=O) groups is 2. The third-order valence-electron chi connectivity index (χ3n) is 5.66. The van der Waals surface area contributed by atoms with Crippen LogP contribution in [0.1, 0.15) is 37.9 Å². The second kappa shape index (κ2) is 8.67. The third-order valence-corrected chi connectivity index (χ3v) is 5.66. The van der Waals surface area contributed by atoms with E-state index in [9.17, 15) is 14.7 Å². The van der Waals surface area contributed by atoms with Gasteiger partial charge in [-0.1, -0.05) is 62.3 Å². The lowest BCUT2D eigenvalue weighted by Gasteiger charge is -2.30. The maximum absolute atomic E-state index is 13.4. The molecular weight excluding hydrogens is 420 g/mol. The number of carbonyl (C=O) groups excluding carboxylic acids is 2. The van der Waals surface area contributed by atoms with Crippen LogP contribution >= 0.6 is 0 Å². The molecule has 1 atom stereocenters. The summed E-state index contributed by atoms with van der Waals surface area (Å²) in [5.74, 6) is -1.42. The van der Waals surface area contributed by atoms with Crippen LogP contribution in [-0.4, -0.2) is 29.1 Å². The van der Waals surface area contributed by atoms with Gasteiger partial charge in [-0.15, -0.1) is 0 Å². The molecule has 33 heavy (non-hydrogen) atoms. The number of amides is 1. The molecule has 1 aliphatic heterocycles. The third kappa shape index (κ3) is 4.07. The summed E-state index contributed by atoms with van der Waals surface area (Å²) in [5, 5.41) is 14.8. The van der Waals surface area contributed by atoms with Crippen molar-refractivity contribution in [2.24, 2.45) is 5.41 Å². The summed E-state index contributed by atoms with van der Waals surface area (Å²) >= 11 is 0. The van der Waals surface area contributed by atoms with E-state index in [1.54, 1.807) is 46.1 Å². The molecule has 0 radical (unpaired) electrons. The number of anilines is 1. The molecule has 2 aromatic carbocycles. The van der Waals surface area contributed by atoms with Crippen molar-refractivity contribution in [1.29, 1.82) is 0 Å². The van der Waals surface area contributed by atoms with Gasteiger partial charge in [0, 0.05) is 29.8 Å². The molecule has 1 aliphatic rings. The first-order valence-electron chi connectivity index (χ1n) is 10.6. The minimum atomic E-state index is -0.787. The van der Waals surface area contributed by atoms with Gasteiger partial charge in [0.05, 0.1) is 18.2 Å². The highest BCUT2D eigenvalue weighted by Crippen LogP contribution is 2.44. The second-order valence-corrected chi connectivity index (χ2v) is 8.98. The van der Waals surface area contributed by atoms with Gasteiger partial charge in [-0.3, -0.25) is 14.5 Å². The number of benzene rings is 2. The van der Waals surface area contributed by atoms with E-state index in [0.29, 0.717) is 18.0 Å². The van der Waals surface area contributed by atoms with Crippen LogP contribution < -0.4 is 4.90 Å². The van der Waals surface area contributed by atoms with Crippen molar-refractivity contribution in [2.75, 3.05) is 12.0 Å². The lowest BCUT2D eigenvalue weighted by molar-refractivity contribution is -0.123. The second-order valence-electron chi connectivity index (χ2n) is 8.98. The number of aliphatic hydroxyl groups excluding tert-OH is 1. The highest BCUT2D eigenvalue weighted by molar-refractivity contribution is 6.17. The maximum Gasteiger partial charge on any atom is 0.294 e. The van der Waals surface area contributed by atoms with Crippen LogP contribution in [0.15, 0.2) is 76.7 Å². The Balaban J connectivity index is 1.86. The fraction of sp³-hybridized carbons (Fsp3) is 0.269. The van der Waals surface area contributed by atoms with Gasteiger partial charge < -0.3 is 14.4 Å². The van der Waals surface area contributed by atoms with Gasteiger partial charge in [-0.05, 0) is 23.3 Å². The fourth-order valence-corrected chi connectivity index (χ4v) is 4.04. The van der Waals surface area contributed by atoms with Crippen LogP contribution in [0.4, 0.5) is 5.69 Å². The first-order chi connectivity index (χ1) is 15.7. The molecule has 1 aromatic heterocycles. The minimum absolute atomic E-state index is 0.0941. The molecular formula is C26H26N2O5. The van der Waals surface area contributed by atoms with Crippen LogP contribution in [0.5, 0.6) is 0 Å². The number of ether oxygens (including phenoxy) is 1. The molecule has 0 fully saturated rings. The number of aromatic nitrogens is 1. The Bertz CT molecular complexity index is 1200. The Kier molecular flexibility index (Phi) is 5.91. The number of hydrogen-bond acceptors (Lipinski definition) is 6. The minimum Gasteiger partial charge on any atom is -0.503 e. The largest absolute Gasteiger partial charge is 0.503 e. The fourth-order valence-electron chi connectivity index (χ4n) is 4.04. The first-order valence-corrected chi connectivity index (χ1v) is 10.6. The monoisotopic (exact) mass is 446 g/mol. The molecule has 2 heterocycles. The molecule has 3 aromatic rings. The molecule has 1 N–H and O–H groups in total. The number of methoxy groups -OCH3 is 1. The topological polar surface area (TPSA) is 92.9 Å². The number of ketones is 1. The molecule has 1 amide bonds. The normalized spacial score (nSPS) is 16.5. The smallest absolute Gasteiger partial charge is 0.294 e. The van der Waals surface area contributed by atoms with Gasteiger partial charge in [-0.25, -0.2) is 0 Å². The van der Waals surface area contributed by atoms with Gasteiger partial charge in [0.2, 0.25) is 0 Å². The number of nitrogens with zero attached hydrogens (tertiary/aromatic N) is 2. The maximum atomic E-state index is 13.4. The Morgan fingerprint density at radius 1 is 1.12 bits per heavy atom. The summed E-state index contributed by atoms with van der Waals surface area (Å²) in [5.41, 5.74) is 2.90. The van der Waals surface area contributed by atoms with Crippen LogP contribution in [0.2, 0.25) is 0 Å². The molecule has 7 nitrogen and oxygen atoms in total. The van der Waals surface area contributed by atoms with Crippen molar-refractivity contribution in [1.82, 2.24) is 5.16 Å². The van der Waals surface area contributed by atoms with E-state index in [2.05, 4.69) is 5.16 Å². The van der Waals surface area contributed by atoms with Gasteiger partial charge in [0.15, 0.2) is 11.5 Å². The Labute approximate surface area is 192 Å². The van der Waals surface area contributed by atoms with Gasteiger partial charge >= 0.3 is 0 Å². The zero-order valence-corrected chi connectivity index (χ0v) is 19.0. The Hall–Kier alpha value is -3.71. The predicted molar refractivity (Wildman–Crippen MR) is 123 cm³/mol. The standard InChI is InChI=1S/C26H26N2O5/c1-26(2,3)24(30)21-22(19-8-6-5-7-17(19)15-32-4)28(25(31)23(21)29)18-11-9-16(10-12-18)20-13-14-33-27-20/h5-14,22,29H,15H2,1-4H3. The molecule has 0 bridgehead atoms.